The number of nitrogens with zero attached hydrogens (tertiary/aromatic N) is 1. The van der Waals surface area contributed by atoms with Crippen molar-refractivity contribution in [1.29, 1.82) is 0 Å². The Morgan fingerprint density at radius 1 is 1.36 bits per heavy atom. The van der Waals surface area contributed by atoms with Crippen molar-refractivity contribution in [3.05, 3.63) is 23.9 Å². The molecule has 0 spiro atoms. The SMILES string of the molecule is CC1CCC(NC(=O)c2cccc(OCC(F)(F)F)n2)(C(=O)O)CC1. The first-order valence-electron chi connectivity index (χ1n) is 7.84. The number of rotatable bonds is 5. The molecule has 25 heavy (non-hydrogen) atoms. The highest BCUT2D eigenvalue weighted by atomic mass is 19.4. The molecule has 0 atom stereocenters. The Morgan fingerprint density at radius 2 is 2.00 bits per heavy atom. The highest BCUT2D eigenvalue weighted by Gasteiger charge is 2.42. The largest absolute Gasteiger partial charge is 0.480 e. The summed E-state index contributed by atoms with van der Waals surface area (Å²) in [7, 11) is 0. The van der Waals surface area contributed by atoms with E-state index in [0.717, 1.165) is 0 Å². The van der Waals surface area contributed by atoms with Crippen LogP contribution in [0.15, 0.2) is 18.2 Å². The maximum Gasteiger partial charge on any atom is 0.422 e. The molecule has 138 valence electrons. The number of carbonyl (C=O) groups is 2. The van der Waals surface area contributed by atoms with Crippen LogP contribution in [0.5, 0.6) is 5.88 Å². The fourth-order valence-corrected chi connectivity index (χ4v) is 2.71. The second-order valence-electron chi connectivity index (χ2n) is 6.29. The lowest BCUT2D eigenvalue weighted by Crippen LogP contribution is -2.56. The van der Waals surface area contributed by atoms with Gasteiger partial charge in [-0.2, -0.15) is 13.2 Å². The number of aromatic nitrogens is 1. The third-order valence-electron chi connectivity index (χ3n) is 4.23. The minimum Gasteiger partial charge on any atom is -0.480 e. The van der Waals surface area contributed by atoms with Gasteiger partial charge in [-0.1, -0.05) is 13.0 Å². The normalized spacial score (nSPS) is 23.8. The van der Waals surface area contributed by atoms with Gasteiger partial charge in [-0.3, -0.25) is 4.79 Å². The number of alkyl halides is 3. The molecular weight excluding hydrogens is 341 g/mol. The third kappa shape index (κ3) is 5.07. The van der Waals surface area contributed by atoms with Crippen LogP contribution in [0.1, 0.15) is 43.1 Å². The van der Waals surface area contributed by atoms with Crippen molar-refractivity contribution in [2.75, 3.05) is 6.61 Å². The summed E-state index contributed by atoms with van der Waals surface area (Å²) in [5.74, 6) is -1.86. The number of hydrogen-bond acceptors (Lipinski definition) is 4. The van der Waals surface area contributed by atoms with E-state index in [9.17, 15) is 27.9 Å². The Balaban J connectivity index is 2.10. The fourth-order valence-electron chi connectivity index (χ4n) is 2.71. The Labute approximate surface area is 142 Å². The molecule has 2 N–H and O–H groups in total. The average Bonchev–Trinajstić information content (AvgIpc) is 2.54. The van der Waals surface area contributed by atoms with Gasteiger partial charge in [-0.15, -0.1) is 0 Å². The van der Waals surface area contributed by atoms with Crippen molar-refractivity contribution in [2.45, 2.75) is 44.3 Å². The van der Waals surface area contributed by atoms with Crippen molar-refractivity contribution in [2.24, 2.45) is 5.92 Å². The summed E-state index contributed by atoms with van der Waals surface area (Å²) >= 11 is 0. The van der Waals surface area contributed by atoms with Crippen LogP contribution >= 0.6 is 0 Å². The number of carbonyl (C=O) groups excluding carboxylic acids is 1. The second kappa shape index (κ2) is 7.28. The number of amides is 1. The van der Waals surface area contributed by atoms with Crippen LogP contribution in [0.3, 0.4) is 0 Å². The molecule has 0 radical (unpaired) electrons. The molecule has 0 unspecified atom stereocenters. The summed E-state index contributed by atoms with van der Waals surface area (Å²) in [6.07, 6.45) is -2.62. The number of pyridine rings is 1. The van der Waals surface area contributed by atoms with Gasteiger partial charge < -0.3 is 15.2 Å². The van der Waals surface area contributed by atoms with Crippen molar-refractivity contribution < 1.29 is 32.6 Å². The number of aliphatic carboxylic acids is 1. The standard InChI is InChI=1S/C16H19F3N2O4/c1-10-5-7-15(8-6-10,14(23)24)21-13(22)11-3-2-4-12(20-11)25-9-16(17,18)19/h2-4,10H,5-9H2,1H3,(H,21,22)(H,23,24). The molecule has 1 aromatic heterocycles. The minimum atomic E-state index is -4.52. The van der Waals surface area contributed by atoms with E-state index in [1.54, 1.807) is 0 Å². The van der Waals surface area contributed by atoms with E-state index in [2.05, 4.69) is 15.0 Å². The monoisotopic (exact) mass is 360 g/mol. The summed E-state index contributed by atoms with van der Waals surface area (Å²) < 4.78 is 41.1. The van der Waals surface area contributed by atoms with Crippen LogP contribution in [0.4, 0.5) is 13.2 Å². The van der Waals surface area contributed by atoms with Crippen LogP contribution in [0.25, 0.3) is 0 Å². The number of nitrogens with one attached hydrogen (secondary N) is 1. The number of hydrogen-bond donors (Lipinski definition) is 2. The molecule has 0 bridgehead atoms. The zero-order valence-electron chi connectivity index (χ0n) is 13.6. The first-order valence-corrected chi connectivity index (χ1v) is 7.84. The van der Waals surface area contributed by atoms with Crippen LogP contribution in [0.2, 0.25) is 0 Å². The van der Waals surface area contributed by atoms with E-state index in [1.165, 1.54) is 18.2 Å². The van der Waals surface area contributed by atoms with Crippen LogP contribution in [0, 0.1) is 5.92 Å². The Bertz CT molecular complexity index is 641. The number of carboxylic acids is 1. The first-order chi connectivity index (χ1) is 11.6. The van der Waals surface area contributed by atoms with Crippen LogP contribution in [-0.4, -0.2) is 40.3 Å². The summed E-state index contributed by atoms with van der Waals surface area (Å²) in [5.41, 5.74) is -1.58. The van der Waals surface area contributed by atoms with Gasteiger partial charge in [0.2, 0.25) is 5.88 Å². The summed E-state index contributed by atoms with van der Waals surface area (Å²) in [6.45, 7) is 0.485. The molecule has 1 aliphatic rings. The van der Waals surface area contributed by atoms with E-state index in [-0.39, 0.29) is 11.6 Å². The number of carboxylic acid groups (broad SMARTS) is 1. The smallest absolute Gasteiger partial charge is 0.422 e. The number of halogens is 3. The predicted octanol–water partition coefficient (Wildman–Crippen LogP) is 2.79. The quantitative estimate of drug-likeness (QED) is 0.843. The van der Waals surface area contributed by atoms with Gasteiger partial charge in [0.05, 0.1) is 0 Å². The van der Waals surface area contributed by atoms with Crippen molar-refractivity contribution in [3.63, 3.8) is 0 Å². The fraction of sp³-hybridized carbons (Fsp3) is 0.562. The highest BCUT2D eigenvalue weighted by molar-refractivity contribution is 5.96. The molecule has 0 saturated heterocycles. The molecular formula is C16H19F3N2O4. The van der Waals surface area contributed by atoms with Crippen molar-refractivity contribution in [3.8, 4) is 5.88 Å². The maximum absolute atomic E-state index is 12.3. The van der Waals surface area contributed by atoms with E-state index < -0.39 is 30.2 Å². The van der Waals surface area contributed by atoms with E-state index >= 15 is 0 Å². The molecule has 1 fully saturated rings. The molecule has 1 saturated carbocycles. The predicted molar refractivity (Wildman–Crippen MR) is 81.3 cm³/mol. The lowest BCUT2D eigenvalue weighted by molar-refractivity contribution is -0.154. The van der Waals surface area contributed by atoms with Gasteiger partial charge in [0.25, 0.3) is 5.91 Å². The minimum absolute atomic E-state index is 0.195. The number of ether oxygens (including phenoxy) is 1. The lowest BCUT2D eigenvalue weighted by atomic mass is 9.77. The Kier molecular flexibility index (Phi) is 5.54. The zero-order valence-corrected chi connectivity index (χ0v) is 13.6. The van der Waals surface area contributed by atoms with Crippen molar-refractivity contribution >= 4 is 11.9 Å². The average molecular weight is 360 g/mol. The highest BCUT2D eigenvalue weighted by Crippen LogP contribution is 2.32. The molecule has 9 heteroatoms. The molecule has 1 heterocycles. The summed E-state index contributed by atoms with van der Waals surface area (Å²) in [4.78, 5) is 27.7. The van der Waals surface area contributed by atoms with Gasteiger partial charge in [-0.05, 0) is 37.7 Å². The molecule has 1 aliphatic carbocycles. The molecule has 2 rings (SSSR count). The van der Waals surface area contributed by atoms with Gasteiger partial charge in [0, 0.05) is 6.07 Å². The van der Waals surface area contributed by atoms with Crippen LogP contribution in [-0.2, 0) is 4.79 Å². The topological polar surface area (TPSA) is 88.5 Å². The Hall–Kier alpha value is -2.32. The zero-order chi connectivity index (χ0) is 18.7. The van der Waals surface area contributed by atoms with Gasteiger partial charge in [-0.25, -0.2) is 9.78 Å². The van der Waals surface area contributed by atoms with Crippen molar-refractivity contribution in [1.82, 2.24) is 10.3 Å². The van der Waals surface area contributed by atoms with E-state index in [4.69, 9.17) is 0 Å². The first kappa shape index (κ1) is 19.0. The van der Waals surface area contributed by atoms with Gasteiger partial charge in [0.15, 0.2) is 6.61 Å². The van der Waals surface area contributed by atoms with Crippen LogP contribution < -0.4 is 10.1 Å². The molecule has 0 aromatic carbocycles. The summed E-state index contributed by atoms with van der Waals surface area (Å²) in [6, 6.07) is 3.80. The lowest BCUT2D eigenvalue weighted by Gasteiger charge is -2.36. The second-order valence-corrected chi connectivity index (χ2v) is 6.29. The van der Waals surface area contributed by atoms with Gasteiger partial charge >= 0.3 is 12.1 Å². The van der Waals surface area contributed by atoms with E-state index in [1.807, 2.05) is 6.92 Å². The van der Waals surface area contributed by atoms with E-state index in [0.29, 0.717) is 31.6 Å². The molecule has 1 aromatic rings. The Morgan fingerprint density at radius 3 is 2.56 bits per heavy atom. The molecule has 0 aliphatic heterocycles. The molecule has 1 amide bonds. The third-order valence-corrected chi connectivity index (χ3v) is 4.23. The maximum atomic E-state index is 12.3. The molecule has 6 nitrogen and oxygen atoms in total. The summed E-state index contributed by atoms with van der Waals surface area (Å²) in [5, 5.41) is 12.0. The van der Waals surface area contributed by atoms with Gasteiger partial charge in [0.1, 0.15) is 11.2 Å².